The Kier molecular flexibility index (Phi) is 4.02. The fraction of sp³-hybridized carbons (Fsp3) is 0.357. The maximum Gasteiger partial charge on any atom is 0.339 e. The molecule has 0 amide bonds. The van der Waals surface area contributed by atoms with Gasteiger partial charge in [0, 0.05) is 30.7 Å². The van der Waals surface area contributed by atoms with Crippen LogP contribution >= 0.6 is 0 Å². The summed E-state index contributed by atoms with van der Waals surface area (Å²) in [6.07, 6.45) is 5.31. The number of carboxylic acid groups (broad SMARTS) is 1. The second-order valence-electron chi connectivity index (χ2n) is 4.91. The van der Waals surface area contributed by atoms with Gasteiger partial charge in [0.15, 0.2) is 0 Å². The zero-order chi connectivity index (χ0) is 14.7. The van der Waals surface area contributed by atoms with E-state index in [1.54, 1.807) is 25.5 Å². The Balaban J connectivity index is 2.21. The number of nitrogens with one attached hydrogen (secondary N) is 1. The molecule has 2 rings (SSSR count). The first kappa shape index (κ1) is 14.0. The summed E-state index contributed by atoms with van der Waals surface area (Å²) in [5.41, 5.74) is 1.74. The molecule has 0 aliphatic heterocycles. The number of aromatic carboxylic acids is 1. The molecule has 0 bridgehead atoms. The van der Waals surface area contributed by atoms with Crippen LogP contribution in [0.25, 0.3) is 0 Å². The molecule has 2 heterocycles. The quantitative estimate of drug-likeness (QED) is 0.872. The average Bonchev–Trinajstić information content (AvgIpc) is 2.79. The van der Waals surface area contributed by atoms with Gasteiger partial charge in [-0.2, -0.15) is 0 Å². The standard InChI is InChI=1S/C14H18N4O2/c1-9-6-10(2)16-13(12(9)14(19)20)17-11(3)7-18-5-4-15-8-18/h4-6,8,11H,7H2,1-3H3,(H,16,17)(H,19,20). The van der Waals surface area contributed by atoms with E-state index >= 15 is 0 Å². The van der Waals surface area contributed by atoms with Crippen LogP contribution in [0.3, 0.4) is 0 Å². The van der Waals surface area contributed by atoms with Crippen molar-refractivity contribution in [3.63, 3.8) is 0 Å². The molecule has 0 spiro atoms. The number of aromatic nitrogens is 3. The molecule has 6 nitrogen and oxygen atoms in total. The summed E-state index contributed by atoms with van der Waals surface area (Å²) in [6.45, 7) is 6.30. The Morgan fingerprint density at radius 2 is 2.25 bits per heavy atom. The first-order valence-electron chi connectivity index (χ1n) is 6.41. The van der Waals surface area contributed by atoms with E-state index in [2.05, 4.69) is 15.3 Å². The molecule has 106 valence electrons. The van der Waals surface area contributed by atoms with E-state index in [9.17, 15) is 9.90 Å². The van der Waals surface area contributed by atoms with E-state index < -0.39 is 5.97 Å². The highest BCUT2D eigenvalue weighted by Crippen LogP contribution is 2.19. The van der Waals surface area contributed by atoms with Gasteiger partial charge in [-0.25, -0.2) is 14.8 Å². The Hall–Kier alpha value is -2.37. The lowest BCUT2D eigenvalue weighted by Gasteiger charge is -2.18. The lowest BCUT2D eigenvalue weighted by atomic mass is 10.1. The van der Waals surface area contributed by atoms with Gasteiger partial charge in [0.2, 0.25) is 0 Å². The molecule has 6 heteroatoms. The van der Waals surface area contributed by atoms with Gasteiger partial charge < -0.3 is 15.0 Å². The Labute approximate surface area is 117 Å². The van der Waals surface area contributed by atoms with Crippen LogP contribution in [-0.2, 0) is 6.54 Å². The molecule has 2 aromatic heterocycles. The van der Waals surface area contributed by atoms with Gasteiger partial charge in [-0.1, -0.05) is 0 Å². The zero-order valence-electron chi connectivity index (χ0n) is 11.8. The highest BCUT2D eigenvalue weighted by Gasteiger charge is 2.17. The van der Waals surface area contributed by atoms with Crippen LogP contribution in [0, 0.1) is 13.8 Å². The first-order chi connectivity index (χ1) is 9.47. The molecule has 0 saturated heterocycles. The van der Waals surface area contributed by atoms with Crippen molar-refractivity contribution in [2.24, 2.45) is 0 Å². The number of aryl methyl sites for hydroxylation is 2. The minimum Gasteiger partial charge on any atom is -0.478 e. The fourth-order valence-corrected chi connectivity index (χ4v) is 2.20. The normalized spacial score (nSPS) is 12.2. The van der Waals surface area contributed by atoms with Gasteiger partial charge in [0.05, 0.1) is 6.33 Å². The third-order valence-electron chi connectivity index (χ3n) is 2.99. The monoisotopic (exact) mass is 274 g/mol. The number of rotatable bonds is 5. The topological polar surface area (TPSA) is 80.0 Å². The molecular formula is C14H18N4O2. The van der Waals surface area contributed by atoms with E-state index in [1.807, 2.05) is 24.6 Å². The minimum absolute atomic E-state index is 0.0380. The van der Waals surface area contributed by atoms with Crippen molar-refractivity contribution < 1.29 is 9.90 Å². The van der Waals surface area contributed by atoms with Gasteiger partial charge in [0.1, 0.15) is 11.4 Å². The zero-order valence-corrected chi connectivity index (χ0v) is 11.8. The number of nitrogens with zero attached hydrogens (tertiary/aromatic N) is 3. The Bertz CT molecular complexity index is 608. The molecule has 0 aliphatic rings. The fourth-order valence-electron chi connectivity index (χ4n) is 2.20. The van der Waals surface area contributed by atoms with Gasteiger partial charge in [-0.05, 0) is 32.4 Å². The summed E-state index contributed by atoms with van der Waals surface area (Å²) < 4.78 is 1.93. The molecule has 2 N–H and O–H groups in total. The number of hydrogen-bond donors (Lipinski definition) is 2. The van der Waals surface area contributed by atoms with Crippen LogP contribution in [0.2, 0.25) is 0 Å². The second kappa shape index (κ2) is 5.73. The summed E-state index contributed by atoms with van der Waals surface area (Å²) >= 11 is 0. The van der Waals surface area contributed by atoms with Crippen molar-refractivity contribution in [2.75, 3.05) is 5.32 Å². The van der Waals surface area contributed by atoms with E-state index in [1.165, 1.54) is 0 Å². The minimum atomic E-state index is -0.965. The molecule has 1 unspecified atom stereocenters. The molecule has 0 fully saturated rings. The van der Waals surface area contributed by atoms with Crippen molar-refractivity contribution in [3.8, 4) is 0 Å². The predicted molar refractivity (Wildman–Crippen MR) is 76.0 cm³/mol. The molecule has 1 atom stereocenters. The summed E-state index contributed by atoms with van der Waals surface area (Å²) in [6, 6.07) is 1.81. The van der Waals surface area contributed by atoms with E-state index in [4.69, 9.17) is 0 Å². The number of anilines is 1. The number of imidazole rings is 1. The lowest BCUT2D eigenvalue weighted by Crippen LogP contribution is -2.24. The molecule has 0 aromatic carbocycles. The first-order valence-corrected chi connectivity index (χ1v) is 6.41. The number of hydrogen-bond acceptors (Lipinski definition) is 4. The Morgan fingerprint density at radius 1 is 1.50 bits per heavy atom. The third kappa shape index (κ3) is 3.14. The summed E-state index contributed by atoms with van der Waals surface area (Å²) in [5.74, 6) is -0.546. The number of carboxylic acids is 1. The summed E-state index contributed by atoms with van der Waals surface area (Å²) in [4.78, 5) is 19.6. The van der Waals surface area contributed by atoms with E-state index in [0.29, 0.717) is 17.9 Å². The molecular weight excluding hydrogens is 256 g/mol. The van der Waals surface area contributed by atoms with E-state index in [-0.39, 0.29) is 11.6 Å². The van der Waals surface area contributed by atoms with Gasteiger partial charge >= 0.3 is 5.97 Å². The smallest absolute Gasteiger partial charge is 0.339 e. The van der Waals surface area contributed by atoms with E-state index in [0.717, 1.165) is 5.69 Å². The second-order valence-corrected chi connectivity index (χ2v) is 4.91. The van der Waals surface area contributed by atoms with Crippen molar-refractivity contribution in [1.29, 1.82) is 0 Å². The van der Waals surface area contributed by atoms with Gasteiger partial charge in [-0.3, -0.25) is 0 Å². The maximum atomic E-state index is 11.4. The molecule has 0 radical (unpaired) electrons. The SMILES string of the molecule is Cc1cc(C)c(C(=O)O)c(NC(C)Cn2ccnc2)n1. The van der Waals surface area contributed by atoms with Crippen molar-refractivity contribution in [1.82, 2.24) is 14.5 Å². The van der Waals surface area contributed by atoms with Crippen molar-refractivity contribution >= 4 is 11.8 Å². The van der Waals surface area contributed by atoms with Crippen LogP contribution in [0.1, 0.15) is 28.5 Å². The highest BCUT2D eigenvalue weighted by molar-refractivity contribution is 5.94. The molecule has 20 heavy (non-hydrogen) atoms. The third-order valence-corrected chi connectivity index (χ3v) is 2.99. The number of carbonyl (C=O) groups is 1. The largest absolute Gasteiger partial charge is 0.478 e. The highest BCUT2D eigenvalue weighted by atomic mass is 16.4. The van der Waals surface area contributed by atoms with Crippen LogP contribution in [0.4, 0.5) is 5.82 Å². The van der Waals surface area contributed by atoms with Crippen LogP contribution < -0.4 is 5.32 Å². The predicted octanol–water partition coefficient (Wildman–Crippen LogP) is 2.09. The molecule has 2 aromatic rings. The van der Waals surface area contributed by atoms with Crippen molar-refractivity contribution in [3.05, 3.63) is 41.6 Å². The summed E-state index contributed by atoms with van der Waals surface area (Å²) in [7, 11) is 0. The van der Waals surface area contributed by atoms with Crippen LogP contribution in [-0.4, -0.2) is 31.7 Å². The molecule has 0 saturated carbocycles. The lowest BCUT2D eigenvalue weighted by molar-refractivity contribution is 0.0696. The number of pyridine rings is 1. The maximum absolute atomic E-state index is 11.4. The van der Waals surface area contributed by atoms with Crippen LogP contribution in [0.15, 0.2) is 24.8 Å². The Morgan fingerprint density at radius 3 is 2.85 bits per heavy atom. The molecule has 0 aliphatic carbocycles. The van der Waals surface area contributed by atoms with Gasteiger partial charge in [-0.15, -0.1) is 0 Å². The summed E-state index contributed by atoms with van der Waals surface area (Å²) in [5, 5.41) is 12.5. The van der Waals surface area contributed by atoms with Crippen LogP contribution in [0.5, 0.6) is 0 Å². The van der Waals surface area contributed by atoms with Crippen molar-refractivity contribution in [2.45, 2.75) is 33.4 Å². The average molecular weight is 274 g/mol. The van der Waals surface area contributed by atoms with Gasteiger partial charge in [0.25, 0.3) is 0 Å².